The fourth-order valence-electron chi connectivity index (χ4n) is 0.571. The van der Waals surface area contributed by atoms with Crippen molar-refractivity contribution in [1.82, 2.24) is 0 Å². The summed E-state index contributed by atoms with van der Waals surface area (Å²) >= 11 is 10.7. The summed E-state index contributed by atoms with van der Waals surface area (Å²) in [4.78, 5) is 9.54. The van der Waals surface area contributed by atoms with Gasteiger partial charge in [-0.15, -0.1) is 0 Å². The van der Waals surface area contributed by atoms with E-state index in [2.05, 4.69) is 4.74 Å². The zero-order chi connectivity index (χ0) is 8.53. The lowest BCUT2D eigenvalue weighted by molar-refractivity contribution is 0.270. The molecular formula is C7H9Cl2O2. The van der Waals surface area contributed by atoms with Crippen molar-refractivity contribution in [2.24, 2.45) is 0 Å². The van der Waals surface area contributed by atoms with Crippen LogP contribution in [0.4, 0.5) is 0 Å². The molecule has 0 fully saturated rings. The molecule has 4 heteroatoms. The smallest absolute Gasteiger partial charge is 0.417 e. The van der Waals surface area contributed by atoms with Crippen LogP contribution >= 0.6 is 23.2 Å². The monoisotopic (exact) mass is 195 g/mol. The van der Waals surface area contributed by atoms with Crippen LogP contribution in [0.15, 0.2) is 10.6 Å². The van der Waals surface area contributed by atoms with Gasteiger partial charge in [-0.25, -0.2) is 4.79 Å². The van der Waals surface area contributed by atoms with Crippen molar-refractivity contribution in [1.29, 1.82) is 0 Å². The molecule has 0 amide bonds. The maximum Gasteiger partial charge on any atom is 0.417 e. The second-order valence-electron chi connectivity index (χ2n) is 1.92. The lowest BCUT2D eigenvalue weighted by Crippen LogP contribution is -1.90. The Morgan fingerprint density at radius 2 is 2.18 bits per heavy atom. The predicted octanol–water partition coefficient (Wildman–Crippen LogP) is 2.56. The van der Waals surface area contributed by atoms with Gasteiger partial charge in [0.1, 0.15) is 4.49 Å². The van der Waals surface area contributed by atoms with Gasteiger partial charge < -0.3 is 4.74 Å². The standard InChI is InChI=1S/C7H9Cl2O2/c8-7(9)4-2-1-3-5-11-6-10/h4H,1-3,5H2. The van der Waals surface area contributed by atoms with E-state index in [1.807, 2.05) is 0 Å². The zero-order valence-electron chi connectivity index (χ0n) is 5.98. The minimum atomic E-state index is 0.285. The van der Waals surface area contributed by atoms with Gasteiger partial charge in [0.25, 0.3) is 0 Å². The highest BCUT2D eigenvalue weighted by Crippen LogP contribution is 2.09. The number of ether oxygens (including phenoxy) is 1. The lowest BCUT2D eigenvalue weighted by Gasteiger charge is -1.94. The molecule has 11 heavy (non-hydrogen) atoms. The minimum absolute atomic E-state index is 0.285. The fourth-order valence-corrected chi connectivity index (χ4v) is 0.790. The van der Waals surface area contributed by atoms with Crippen molar-refractivity contribution in [3.05, 3.63) is 10.6 Å². The summed E-state index contributed by atoms with van der Waals surface area (Å²) in [5.74, 6) is 0. The highest BCUT2D eigenvalue weighted by Gasteiger charge is 1.88. The number of halogens is 2. The predicted molar refractivity (Wildman–Crippen MR) is 45.3 cm³/mol. The number of allylic oxidation sites excluding steroid dienone is 1. The van der Waals surface area contributed by atoms with Crippen molar-refractivity contribution >= 4 is 29.7 Å². The molecule has 0 bridgehead atoms. The normalized spacial score (nSPS) is 8.91. The van der Waals surface area contributed by atoms with E-state index in [-0.39, 0.29) is 4.49 Å². The van der Waals surface area contributed by atoms with Gasteiger partial charge >= 0.3 is 6.47 Å². The van der Waals surface area contributed by atoms with E-state index < -0.39 is 0 Å². The molecular weight excluding hydrogens is 187 g/mol. The van der Waals surface area contributed by atoms with Gasteiger partial charge in [-0.1, -0.05) is 29.3 Å². The Kier molecular flexibility index (Phi) is 7.74. The Hall–Kier alpha value is -0.210. The van der Waals surface area contributed by atoms with Crippen LogP contribution in [0.5, 0.6) is 0 Å². The van der Waals surface area contributed by atoms with E-state index >= 15 is 0 Å². The van der Waals surface area contributed by atoms with Crippen LogP contribution < -0.4 is 0 Å². The fraction of sp³-hybridized carbons (Fsp3) is 0.571. The first-order chi connectivity index (χ1) is 5.27. The molecule has 1 radical (unpaired) electrons. The highest BCUT2D eigenvalue weighted by molar-refractivity contribution is 6.55. The molecule has 0 aliphatic heterocycles. The van der Waals surface area contributed by atoms with Crippen molar-refractivity contribution < 1.29 is 9.53 Å². The molecule has 0 N–H and O–H groups in total. The van der Waals surface area contributed by atoms with Crippen molar-refractivity contribution in [2.75, 3.05) is 6.61 Å². The summed E-state index contributed by atoms with van der Waals surface area (Å²) in [5, 5.41) is 0. The SMILES string of the molecule is O=[C]OCCCCC=C(Cl)Cl. The average molecular weight is 196 g/mol. The maximum absolute atomic E-state index is 9.54. The third-order valence-electron chi connectivity index (χ3n) is 1.06. The first-order valence-corrected chi connectivity index (χ1v) is 4.03. The lowest BCUT2D eigenvalue weighted by atomic mass is 10.2. The molecule has 0 rings (SSSR count). The molecule has 0 saturated heterocycles. The molecule has 0 aromatic carbocycles. The van der Waals surface area contributed by atoms with Crippen LogP contribution in [0.1, 0.15) is 19.3 Å². The van der Waals surface area contributed by atoms with E-state index in [0.717, 1.165) is 19.3 Å². The molecule has 0 saturated carbocycles. The number of rotatable bonds is 6. The van der Waals surface area contributed by atoms with Crippen LogP contribution in [0.25, 0.3) is 0 Å². The number of carbonyl (C=O) groups excluding carboxylic acids is 1. The van der Waals surface area contributed by atoms with E-state index in [4.69, 9.17) is 23.2 Å². The number of unbranched alkanes of at least 4 members (excludes halogenated alkanes) is 2. The molecule has 0 spiro atoms. The van der Waals surface area contributed by atoms with Crippen molar-refractivity contribution in [3.63, 3.8) is 0 Å². The third kappa shape index (κ3) is 9.79. The number of hydrogen-bond acceptors (Lipinski definition) is 2. The van der Waals surface area contributed by atoms with Crippen LogP contribution in [-0.2, 0) is 9.53 Å². The second kappa shape index (κ2) is 7.89. The maximum atomic E-state index is 9.54. The molecule has 0 aromatic rings. The van der Waals surface area contributed by atoms with Crippen LogP contribution in [0.2, 0.25) is 0 Å². The van der Waals surface area contributed by atoms with Gasteiger partial charge in [0.15, 0.2) is 0 Å². The summed E-state index contributed by atoms with van der Waals surface area (Å²) in [5.41, 5.74) is 0. The Morgan fingerprint density at radius 3 is 2.73 bits per heavy atom. The molecule has 0 heterocycles. The molecule has 0 unspecified atom stereocenters. The van der Waals surface area contributed by atoms with E-state index in [0.29, 0.717) is 6.61 Å². The van der Waals surface area contributed by atoms with Gasteiger partial charge in [-0.05, 0) is 19.3 Å². The Morgan fingerprint density at radius 1 is 1.45 bits per heavy atom. The summed E-state index contributed by atoms with van der Waals surface area (Å²) in [6.45, 7) is 1.76. The first-order valence-electron chi connectivity index (χ1n) is 3.27. The summed E-state index contributed by atoms with van der Waals surface area (Å²) < 4.78 is 4.63. The second-order valence-corrected chi connectivity index (χ2v) is 2.93. The Balaban J connectivity index is 3.02. The average Bonchev–Trinajstić information content (AvgIpc) is 1.96. The van der Waals surface area contributed by atoms with E-state index in [9.17, 15) is 4.79 Å². The van der Waals surface area contributed by atoms with Crippen LogP contribution in [0.3, 0.4) is 0 Å². The quantitative estimate of drug-likeness (QED) is 0.610. The van der Waals surface area contributed by atoms with Crippen LogP contribution in [0, 0.1) is 0 Å². The van der Waals surface area contributed by atoms with Crippen molar-refractivity contribution in [3.8, 4) is 0 Å². The summed E-state index contributed by atoms with van der Waals surface area (Å²) in [6.07, 6.45) is 4.25. The minimum Gasteiger partial charge on any atom is -0.457 e. The third-order valence-corrected chi connectivity index (χ3v) is 1.37. The molecule has 2 nitrogen and oxygen atoms in total. The topological polar surface area (TPSA) is 26.3 Å². The largest absolute Gasteiger partial charge is 0.457 e. The Labute approximate surface area is 76.1 Å². The van der Waals surface area contributed by atoms with E-state index in [1.165, 1.54) is 6.47 Å². The van der Waals surface area contributed by atoms with E-state index in [1.54, 1.807) is 6.08 Å². The van der Waals surface area contributed by atoms with Gasteiger partial charge in [-0.2, -0.15) is 0 Å². The molecule has 0 aromatic heterocycles. The van der Waals surface area contributed by atoms with Gasteiger partial charge in [0.2, 0.25) is 0 Å². The number of hydrogen-bond donors (Lipinski definition) is 0. The van der Waals surface area contributed by atoms with Gasteiger partial charge in [0.05, 0.1) is 6.61 Å². The van der Waals surface area contributed by atoms with Crippen LogP contribution in [-0.4, -0.2) is 13.1 Å². The summed E-state index contributed by atoms with van der Waals surface area (Å²) in [7, 11) is 0. The highest BCUT2D eigenvalue weighted by atomic mass is 35.5. The van der Waals surface area contributed by atoms with Gasteiger partial charge in [-0.3, -0.25) is 0 Å². The zero-order valence-corrected chi connectivity index (χ0v) is 7.49. The summed E-state index contributed by atoms with van der Waals surface area (Å²) in [6, 6.07) is 0. The first kappa shape index (κ1) is 10.8. The van der Waals surface area contributed by atoms with Gasteiger partial charge in [0, 0.05) is 0 Å². The molecule has 63 valence electrons. The Bertz CT molecular complexity index is 130. The molecule has 0 aliphatic carbocycles. The van der Waals surface area contributed by atoms with Crippen molar-refractivity contribution in [2.45, 2.75) is 19.3 Å². The molecule has 0 aliphatic rings. The molecule has 0 atom stereocenters.